The van der Waals surface area contributed by atoms with Crippen LogP contribution in [0.4, 0.5) is 9.18 Å². The van der Waals surface area contributed by atoms with Crippen molar-refractivity contribution in [3.05, 3.63) is 69.0 Å². The predicted molar refractivity (Wildman–Crippen MR) is 134 cm³/mol. The van der Waals surface area contributed by atoms with Crippen LogP contribution in [0.5, 0.6) is 0 Å². The van der Waals surface area contributed by atoms with E-state index in [2.05, 4.69) is 4.98 Å². The van der Waals surface area contributed by atoms with Gasteiger partial charge in [-0.3, -0.25) is 23.4 Å². The minimum Gasteiger partial charge on any atom is -0.426 e. The lowest BCUT2D eigenvalue weighted by atomic mass is 9.98. The van der Waals surface area contributed by atoms with Gasteiger partial charge in [-0.05, 0) is 5.56 Å². The fourth-order valence-electron chi connectivity index (χ4n) is 4.28. The first-order chi connectivity index (χ1) is 20.2. The molecular formula is C24H28FN2O14P. The SMILES string of the molecule is COC1O[C@H]2[C@H](n3ccc(=O)[nH]c3=O)O[C@](CF)(COP(=O)(OCOC(=O)OC3COC3)OCc3ccccc3)[C@H]2O1. The van der Waals surface area contributed by atoms with Crippen LogP contribution in [-0.2, 0) is 57.9 Å². The molecule has 18 heteroatoms. The van der Waals surface area contributed by atoms with Crippen molar-refractivity contribution >= 4 is 14.0 Å². The Kier molecular flexibility index (Phi) is 9.51. The minimum atomic E-state index is -4.59. The number of nitrogens with one attached hydrogen (secondary N) is 1. The maximum Gasteiger partial charge on any atom is 0.510 e. The lowest BCUT2D eigenvalue weighted by Crippen LogP contribution is -2.48. The number of H-pyrrole nitrogens is 1. The van der Waals surface area contributed by atoms with Crippen molar-refractivity contribution in [3.8, 4) is 0 Å². The van der Waals surface area contributed by atoms with Gasteiger partial charge in [-0.1, -0.05) is 30.3 Å². The van der Waals surface area contributed by atoms with Crippen molar-refractivity contribution in [2.24, 2.45) is 0 Å². The van der Waals surface area contributed by atoms with Gasteiger partial charge in [0.2, 0.25) is 6.79 Å². The number of methoxy groups -OCH3 is 1. The van der Waals surface area contributed by atoms with Crippen molar-refractivity contribution in [1.29, 1.82) is 0 Å². The van der Waals surface area contributed by atoms with Crippen molar-refractivity contribution in [2.45, 2.75) is 43.2 Å². The summed E-state index contributed by atoms with van der Waals surface area (Å²) in [6, 6.07) is 9.66. The normalized spacial score (nSPS) is 28.5. The first kappa shape index (κ1) is 30.5. The van der Waals surface area contributed by atoms with Crippen LogP contribution in [0.25, 0.3) is 0 Å². The van der Waals surface area contributed by atoms with Gasteiger partial charge in [0.05, 0.1) is 26.4 Å². The smallest absolute Gasteiger partial charge is 0.426 e. The summed E-state index contributed by atoms with van der Waals surface area (Å²) in [5, 5.41) is 0. The molecule has 3 aliphatic heterocycles. The molecule has 16 nitrogen and oxygen atoms in total. The first-order valence-corrected chi connectivity index (χ1v) is 14.1. The van der Waals surface area contributed by atoms with E-state index in [-0.39, 0.29) is 19.8 Å². The number of aromatic amines is 1. The highest BCUT2D eigenvalue weighted by Crippen LogP contribution is 2.53. The van der Waals surface area contributed by atoms with Gasteiger partial charge in [0.25, 0.3) is 12.0 Å². The first-order valence-electron chi connectivity index (χ1n) is 12.6. The largest absolute Gasteiger partial charge is 0.510 e. The number of alkyl halides is 1. The van der Waals surface area contributed by atoms with Gasteiger partial charge >= 0.3 is 19.7 Å². The maximum absolute atomic E-state index is 14.8. The Morgan fingerprint density at radius 1 is 1.14 bits per heavy atom. The number of aromatic nitrogens is 2. The molecule has 0 bridgehead atoms. The summed E-state index contributed by atoms with van der Waals surface area (Å²) in [5.74, 6) is 0. The van der Waals surface area contributed by atoms with Crippen LogP contribution in [0.3, 0.4) is 0 Å². The van der Waals surface area contributed by atoms with E-state index in [9.17, 15) is 23.3 Å². The zero-order chi connectivity index (χ0) is 29.7. The molecule has 5 rings (SSSR count). The van der Waals surface area contributed by atoms with E-state index >= 15 is 0 Å². The average molecular weight is 618 g/mol. The quantitative estimate of drug-likeness (QED) is 0.193. The van der Waals surface area contributed by atoms with E-state index in [0.29, 0.717) is 5.56 Å². The van der Waals surface area contributed by atoms with Gasteiger partial charge in [0.1, 0.15) is 18.9 Å². The van der Waals surface area contributed by atoms with Gasteiger partial charge in [0, 0.05) is 19.4 Å². The number of benzene rings is 1. The Bertz CT molecular complexity index is 1390. The number of phosphoric acid groups is 1. The summed E-state index contributed by atoms with van der Waals surface area (Å²) >= 11 is 0. The third kappa shape index (κ3) is 6.80. The molecule has 3 fully saturated rings. The molecule has 0 amide bonds. The second-order valence-electron chi connectivity index (χ2n) is 9.30. The zero-order valence-electron chi connectivity index (χ0n) is 22.2. The Morgan fingerprint density at radius 2 is 1.93 bits per heavy atom. The van der Waals surface area contributed by atoms with E-state index in [1.807, 2.05) is 0 Å². The number of ether oxygens (including phenoxy) is 7. The fraction of sp³-hybridized carbons (Fsp3) is 0.542. The lowest BCUT2D eigenvalue weighted by Gasteiger charge is -2.31. The van der Waals surface area contributed by atoms with E-state index in [1.165, 1.54) is 7.11 Å². The van der Waals surface area contributed by atoms with E-state index in [1.54, 1.807) is 30.3 Å². The molecule has 0 aliphatic carbocycles. The van der Waals surface area contributed by atoms with Crippen molar-refractivity contribution < 1.29 is 60.5 Å². The number of halogens is 1. The molecule has 1 aromatic carbocycles. The lowest BCUT2D eigenvalue weighted by molar-refractivity contribution is -0.272. The summed E-state index contributed by atoms with van der Waals surface area (Å²) in [4.78, 5) is 38.0. The highest BCUT2D eigenvalue weighted by molar-refractivity contribution is 7.48. The van der Waals surface area contributed by atoms with Crippen molar-refractivity contribution in [1.82, 2.24) is 9.55 Å². The molecule has 0 spiro atoms. The number of fused-ring (bicyclic) bond motifs is 1. The van der Waals surface area contributed by atoms with E-state index in [0.717, 1.165) is 16.8 Å². The molecule has 230 valence electrons. The molecule has 6 atom stereocenters. The molecule has 1 N–H and O–H groups in total. The number of nitrogens with zero attached hydrogens (tertiary/aromatic N) is 1. The third-order valence-electron chi connectivity index (χ3n) is 6.48. The van der Waals surface area contributed by atoms with Crippen LogP contribution >= 0.6 is 7.82 Å². The summed E-state index contributed by atoms with van der Waals surface area (Å²) in [7, 11) is -3.31. The molecular weight excluding hydrogens is 590 g/mol. The van der Waals surface area contributed by atoms with E-state index in [4.69, 9.17) is 46.7 Å². The van der Waals surface area contributed by atoms with Gasteiger partial charge in [-0.2, -0.15) is 0 Å². The van der Waals surface area contributed by atoms with Gasteiger partial charge < -0.3 is 33.2 Å². The molecule has 0 saturated carbocycles. The monoisotopic (exact) mass is 618 g/mol. The molecule has 0 radical (unpaired) electrons. The summed E-state index contributed by atoms with van der Waals surface area (Å²) < 4.78 is 82.6. The Hall–Kier alpha value is -2.99. The Morgan fingerprint density at radius 3 is 2.60 bits per heavy atom. The highest BCUT2D eigenvalue weighted by atomic mass is 31.2. The Labute approximate surface area is 237 Å². The highest BCUT2D eigenvalue weighted by Gasteiger charge is 2.63. The summed E-state index contributed by atoms with van der Waals surface area (Å²) in [6.45, 7) is -4.04. The molecule has 2 aromatic rings. The second kappa shape index (κ2) is 13.1. The fourth-order valence-corrected chi connectivity index (χ4v) is 5.37. The molecule has 3 aliphatic rings. The van der Waals surface area contributed by atoms with Crippen LogP contribution < -0.4 is 11.2 Å². The second-order valence-corrected chi connectivity index (χ2v) is 11.0. The minimum absolute atomic E-state index is 0.215. The predicted octanol–water partition coefficient (Wildman–Crippen LogP) is 1.36. The number of hydrogen-bond donors (Lipinski definition) is 1. The van der Waals surface area contributed by atoms with Crippen molar-refractivity contribution in [2.75, 3.05) is 40.4 Å². The van der Waals surface area contributed by atoms with Gasteiger partial charge in [-0.15, -0.1) is 0 Å². The van der Waals surface area contributed by atoms with E-state index < -0.39 is 81.9 Å². The maximum atomic E-state index is 14.8. The molecule has 2 unspecified atom stereocenters. The molecule has 4 heterocycles. The number of rotatable bonds is 13. The molecule has 42 heavy (non-hydrogen) atoms. The van der Waals surface area contributed by atoms with Crippen LogP contribution in [0.2, 0.25) is 0 Å². The standard InChI is InChI=1S/C24H28FN2O14P/c1-32-23-39-18-19(40-23)24(12-25,41-20(18)27-8-7-17(28)26-21(27)29)13-36-42(31,35-9-15-5-3-2-4-6-15)37-14-34-22(30)38-16-10-33-11-16/h2-8,16,18-20,23H,9-14H2,1H3,(H,26,28,29)/t18-,19+,20-,23?,24-,42?/m1/s1. The number of hydrogen-bond acceptors (Lipinski definition) is 14. The van der Waals surface area contributed by atoms with Crippen LogP contribution in [0.1, 0.15) is 11.8 Å². The molecule has 1 aromatic heterocycles. The van der Waals surface area contributed by atoms with Gasteiger partial charge in [0.15, 0.2) is 17.9 Å². The number of carbonyl (C=O) groups is 1. The van der Waals surface area contributed by atoms with Crippen LogP contribution in [0.15, 0.2) is 52.2 Å². The zero-order valence-corrected chi connectivity index (χ0v) is 23.1. The third-order valence-corrected chi connectivity index (χ3v) is 7.79. The van der Waals surface area contributed by atoms with Gasteiger partial charge in [-0.25, -0.2) is 23.1 Å². The number of phosphoric ester groups is 1. The average Bonchev–Trinajstić information content (AvgIpc) is 3.52. The topological polar surface area (TPSA) is 181 Å². The Balaban J connectivity index is 1.33. The summed E-state index contributed by atoms with van der Waals surface area (Å²) in [5.41, 5.74) is -2.94. The molecule has 3 saturated heterocycles. The van der Waals surface area contributed by atoms with Crippen LogP contribution in [0, 0.1) is 0 Å². The number of carbonyl (C=O) groups excluding carboxylic acids is 1. The summed E-state index contributed by atoms with van der Waals surface area (Å²) in [6.07, 6.45) is -4.09. The van der Waals surface area contributed by atoms with Crippen LogP contribution in [-0.4, -0.2) is 86.5 Å². The van der Waals surface area contributed by atoms with Crippen molar-refractivity contribution in [3.63, 3.8) is 0 Å².